The summed E-state index contributed by atoms with van der Waals surface area (Å²) in [6.45, 7) is 0.00839. The lowest BCUT2D eigenvalue weighted by molar-refractivity contribution is 0.0921. The third kappa shape index (κ3) is 4.46. The number of aliphatic hydroxyl groups excluding tert-OH is 1. The normalized spacial score (nSPS) is 10.4. The minimum Gasteiger partial charge on any atom is -0.485 e. The molecule has 3 nitrogen and oxygen atoms in total. The van der Waals surface area contributed by atoms with Crippen molar-refractivity contribution in [1.29, 1.82) is 0 Å². The number of ketones is 1. The molecule has 0 spiro atoms. The predicted octanol–water partition coefficient (Wildman–Crippen LogP) is 3.79. The van der Waals surface area contributed by atoms with Crippen LogP contribution in [0.15, 0.2) is 42.5 Å². The van der Waals surface area contributed by atoms with Gasteiger partial charge in [0.05, 0.1) is 5.02 Å². The van der Waals surface area contributed by atoms with Crippen molar-refractivity contribution < 1.29 is 14.6 Å². The lowest BCUT2D eigenvalue weighted by Crippen LogP contribution is -2.12. The zero-order valence-corrected chi connectivity index (χ0v) is 12.7. The van der Waals surface area contributed by atoms with Crippen LogP contribution in [0.2, 0.25) is 10.0 Å². The van der Waals surface area contributed by atoms with Crippen LogP contribution in [0.1, 0.15) is 15.9 Å². The number of halogens is 2. The highest BCUT2D eigenvalue weighted by atomic mass is 35.5. The van der Waals surface area contributed by atoms with E-state index in [2.05, 4.69) is 0 Å². The first-order valence-corrected chi connectivity index (χ1v) is 7.16. The molecule has 0 heterocycles. The maximum Gasteiger partial charge on any atom is 0.201 e. The summed E-state index contributed by atoms with van der Waals surface area (Å²) in [5.74, 6) is 0.381. The van der Waals surface area contributed by atoms with Crippen molar-refractivity contribution in [1.82, 2.24) is 0 Å². The Balaban J connectivity index is 1.97. The lowest BCUT2D eigenvalue weighted by atomic mass is 10.1. The molecule has 2 rings (SSSR count). The summed E-state index contributed by atoms with van der Waals surface area (Å²) < 4.78 is 5.44. The molecule has 0 fully saturated rings. The Morgan fingerprint density at radius 2 is 1.81 bits per heavy atom. The van der Waals surface area contributed by atoms with Crippen LogP contribution in [0.25, 0.3) is 0 Å². The van der Waals surface area contributed by atoms with Crippen LogP contribution in [0.5, 0.6) is 5.75 Å². The van der Waals surface area contributed by atoms with E-state index in [0.717, 1.165) is 5.56 Å². The predicted molar refractivity (Wildman–Crippen MR) is 83.5 cm³/mol. The van der Waals surface area contributed by atoms with Crippen molar-refractivity contribution in [2.75, 3.05) is 13.2 Å². The third-order valence-corrected chi connectivity index (χ3v) is 3.47. The topological polar surface area (TPSA) is 46.5 Å². The number of hydrogen-bond acceptors (Lipinski definition) is 3. The van der Waals surface area contributed by atoms with Gasteiger partial charge in [0.2, 0.25) is 5.78 Å². The molecule has 2 aromatic carbocycles. The highest BCUT2D eigenvalue weighted by molar-refractivity contribution is 6.36. The van der Waals surface area contributed by atoms with E-state index < -0.39 is 0 Å². The van der Waals surface area contributed by atoms with E-state index in [1.165, 1.54) is 6.07 Å². The number of carbonyl (C=O) groups is 1. The van der Waals surface area contributed by atoms with Gasteiger partial charge in [0.25, 0.3) is 0 Å². The summed E-state index contributed by atoms with van der Waals surface area (Å²) in [6.07, 6.45) is 0.597. The molecule has 1 N–H and O–H groups in total. The first-order chi connectivity index (χ1) is 10.1. The highest BCUT2D eigenvalue weighted by Crippen LogP contribution is 2.22. The summed E-state index contributed by atoms with van der Waals surface area (Å²) in [6, 6.07) is 12.0. The summed E-state index contributed by atoms with van der Waals surface area (Å²) in [7, 11) is 0. The molecule has 0 aliphatic carbocycles. The number of hydrogen-bond donors (Lipinski definition) is 1. The van der Waals surface area contributed by atoms with Crippen LogP contribution in [-0.4, -0.2) is 24.1 Å². The van der Waals surface area contributed by atoms with E-state index in [1.807, 2.05) is 12.1 Å². The van der Waals surface area contributed by atoms with Gasteiger partial charge >= 0.3 is 0 Å². The van der Waals surface area contributed by atoms with Crippen molar-refractivity contribution in [3.05, 3.63) is 63.6 Å². The molecule has 0 saturated heterocycles. The monoisotopic (exact) mass is 324 g/mol. The van der Waals surface area contributed by atoms with Gasteiger partial charge in [0.15, 0.2) is 6.61 Å². The second kappa shape index (κ2) is 7.46. The standard InChI is InChI=1S/C16H14Cl2O3/c17-12-3-6-14(15(18)9-12)16(20)10-21-13-4-1-11(2-5-13)7-8-19/h1-6,9,19H,7-8,10H2. The minimum absolute atomic E-state index is 0.0965. The van der Waals surface area contributed by atoms with E-state index >= 15 is 0 Å². The molecule has 0 aromatic heterocycles. The Hall–Kier alpha value is -1.55. The molecule has 0 radical (unpaired) electrons. The number of benzene rings is 2. The van der Waals surface area contributed by atoms with Crippen molar-refractivity contribution in [2.45, 2.75) is 6.42 Å². The van der Waals surface area contributed by atoms with Gasteiger partial charge in [0, 0.05) is 17.2 Å². The van der Waals surface area contributed by atoms with Gasteiger partial charge in [-0.05, 0) is 42.3 Å². The molecule has 0 aliphatic heterocycles. The molecular weight excluding hydrogens is 311 g/mol. The van der Waals surface area contributed by atoms with E-state index in [4.69, 9.17) is 33.0 Å². The van der Waals surface area contributed by atoms with Gasteiger partial charge in [-0.25, -0.2) is 0 Å². The number of carbonyl (C=O) groups excluding carboxylic acids is 1. The summed E-state index contributed by atoms with van der Waals surface area (Å²) >= 11 is 11.8. The Bertz CT molecular complexity index is 624. The average molecular weight is 325 g/mol. The van der Waals surface area contributed by atoms with Crippen molar-refractivity contribution in [3.8, 4) is 5.75 Å². The second-order valence-corrected chi connectivity index (χ2v) is 5.30. The fraction of sp³-hybridized carbons (Fsp3) is 0.188. The van der Waals surface area contributed by atoms with Crippen molar-refractivity contribution in [2.24, 2.45) is 0 Å². The molecule has 0 unspecified atom stereocenters. The Labute approximate surface area is 133 Å². The second-order valence-electron chi connectivity index (χ2n) is 4.45. The maximum atomic E-state index is 12.0. The molecule has 0 atom stereocenters. The number of ether oxygens (including phenoxy) is 1. The molecule has 0 aliphatic rings. The van der Waals surface area contributed by atoms with Gasteiger partial charge in [-0.15, -0.1) is 0 Å². The zero-order chi connectivity index (χ0) is 15.2. The van der Waals surface area contributed by atoms with Crippen LogP contribution >= 0.6 is 23.2 Å². The SMILES string of the molecule is O=C(COc1ccc(CCO)cc1)c1ccc(Cl)cc1Cl. The van der Waals surface area contributed by atoms with Gasteiger partial charge in [-0.3, -0.25) is 4.79 Å². The summed E-state index contributed by atoms with van der Waals surface area (Å²) in [5.41, 5.74) is 1.40. The molecule has 0 amide bonds. The average Bonchev–Trinajstić information content (AvgIpc) is 2.46. The fourth-order valence-electron chi connectivity index (χ4n) is 1.82. The van der Waals surface area contributed by atoms with Gasteiger partial charge < -0.3 is 9.84 Å². The van der Waals surface area contributed by atoms with E-state index in [-0.39, 0.29) is 19.0 Å². The van der Waals surface area contributed by atoms with E-state index in [9.17, 15) is 4.79 Å². The van der Waals surface area contributed by atoms with Gasteiger partial charge in [0.1, 0.15) is 5.75 Å². The first kappa shape index (κ1) is 15.8. The zero-order valence-electron chi connectivity index (χ0n) is 11.2. The van der Waals surface area contributed by atoms with Crippen LogP contribution in [0.3, 0.4) is 0 Å². The van der Waals surface area contributed by atoms with Crippen LogP contribution in [0.4, 0.5) is 0 Å². The highest BCUT2D eigenvalue weighted by Gasteiger charge is 2.11. The molecule has 5 heteroatoms. The molecule has 0 bridgehead atoms. The quantitative estimate of drug-likeness (QED) is 0.822. The molecule has 21 heavy (non-hydrogen) atoms. The first-order valence-electron chi connectivity index (χ1n) is 6.41. The van der Waals surface area contributed by atoms with Gasteiger partial charge in [-0.1, -0.05) is 35.3 Å². The fourth-order valence-corrected chi connectivity index (χ4v) is 2.34. The summed E-state index contributed by atoms with van der Waals surface area (Å²) in [5, 5.41) is 9.64. The van der Waals surface area contributed by atoms with Crippen molar-refractivity contribution >= 4 is 29.0 Å². The minimum atomic E-state index is -0.212. The molecular formula is C16H14Cl2O3. The molecule has 110 valence electrons. The Kier molecular flexibility index (Phi) is 5.62. The van der Waals surface area contributed by atoms with E-state index in [1.54, 1.807) is 24.3 Å². The van der Waals surface area contributed by atoms with Crippen LogP contribution in [-0.2, 0) is 6.42 Å². The van der Waals surface area contributed by atoms with E-state index in [0.29, 0.717) is 27.8 Å². The molecule has 0 saturated carbocycles. The third-order valence-electron chi connectivity index (χ3n) is 2.93. The number of aliphatic hydroxyl groups is 1. The van der Waals surface area contributed by atoms with Crippen LogP contribution in [0, 0.1) is 0 Å². The Morgan fingerprint density at radius 3 is 2.43 bits per heavy atom. The Morgan fingerprint density at radius 1 is 1.10 bits per heavy atom. The van der Waals surface area contributed by atoms with Crippen LogP contribution < -0.4 is 4.74 Å². The maximum absolute atomic E-state index is 12.0. The number of rotatable bonds is 6. The molecule has 2 aromatic rings. The lowest BCUT2D eigenvalue weighted by Gasteiger charge is -2.07. The van der Waals surface area contributed by atoms with Gasteiger partial charge in [-0.2, -0.15) is 0 Å². The van der Waals surface area contributed by atoms with Crippen molar-refractivity contribution in [3.63, 3.8) is 0 Å². The smallest absolute Gasteiger partial charge is 0.201 e. The number of Topliss-reactive ketones (excluding diaryl/α,β-unsaturated/α-hetero) is 1. The summed E-state index contributed by atoms with van der Waals surface area (Å²) in [4.78, 5) is 12.0. The largest absolute Gasteiger partial charge is 0.485 e.